The zero-order chi connectivity index (χ0) is 11.3. The van der Waals surface area contributed by atoms with Crippen molar-refractivity contribution in [2.75, 3.05) is 32.8 Å². The first-order valence-electron chi connectivity index (χ1n) is 6.82. The van der Waals surface area contributed by atoms with Crippen molar-refractivity contribution in [3.8, 4) is 0 Å². The van der Waals surface area contributed by atoms with Crippen LogP contribution in [0.2, 0.25) is 0 Å². The Labute approximate surface area is 99.3 Å². The summed E-state index contributed by atoms with van der Waals surface area (Å²) >= 11 is 0. The Morgan fingerprint density at radius 1 is 1.38 bits per heavy atom. The van der Waals surface area contributed by atoms with Gasteiger partial charge < -0.3 is 15.4 Å². The molecular weight excluding hydrogens is 200 g/mol. The summed E-state index contributed by atoms with van der Waals surface area (Å²) in [4.78, 5) is 0. The summed E-state index contributed by atoms with van der Waals surface area (Å²) < 4.78 is 5.44. The number of nitrogens with one attached hydrogen (secondary N) is 2. The maximum Gasteiger partial charge on any atom is 0.0646 e. The Morgan fingerprint density at radius 2 is 2.19 bits per heavy atom. The molecule has 2 rings (SSSR count). The third kappa shape index (κ3) is 3.72. The standard InChI is InChI=1S/C13H26N2O/c1-13(6-10-16-11-13)15-7-2-3-12-4-8-14-9-5-12/h12,14-15H,2-11H2,1H3. The molecule has 94 valence electrons. The van der Waals surface area contributed by atoms with E-state index < -0.39 is 0 Å². The second-order valence-electron chi connectivity index (χ2n) is 5.63. The minimum atomic E-state index is 0.258. The second-order valence-corrected chi connectivity index (χ2v) is 5.63. The van der Waals surface area contributed by atoms with Gasteiger partial charge in [-0.25, -0.2) is 0 Å². The van der Waals surface area contributed by atoms with E-state index in [-0.39, 0.29) is 5.54 Å². The van der Waals surface area contributed by atoms with E-state index in [2.05, 4.69) is 17.6 Å². The molecule has 2 heterocycles. The average molecular weight is 226 g/mol. The molecule has 1 unspecified atom stereocenters. The quantitative estimate of drug-likeness (QED) is 0.698. The lowest BCUT2D eigenvalue weighted by atomic mass is 9.93. The SMILES string of the molecule is CC1(NCCCC2CCNCC2)CCOC1. The van der Waals surface area contributed by atoms with Gasteiger partial charge in [0.25, 0.3) is 0 Å². The Morgan fingerprint density at radius 3 is 2.88 bits per heavy atom. The van der Waals surface area contributed by atoms with E-state index in [0.29, 0.717) is 0 Å². The van der Waals surface area contributed by atoms with Gasteiger partial charge in [0, 0.05) is 12.1 Å². The third-order valence-corrected chi connectivity index (χ3v) is 4.02. The number of piperidine rings is 1. The molecule has 2 N–H and O–H groups in total. The van der Waals surface area contributed by atoms with Crippen molar-refractivity contribution in [1.82, 2.24) is 10.6 Å². The first-order chi connectivity index (χ1) is 7.79. The predicted molar refractivity (Wildman–Crippen MR) is 66.7 cm³/mol. The van der Waals surface area contributed by atoms with Crippen LogP contribution in [0.4, 0.5) is 0 Å². The minimum absolute atomic E-state index is 0.258. The smallest absolute Gasteiger partial charge is 0.0646 e. The molecule has 0 aromatic rings. The highest BCUT2D eigenvalue weighted by Crippen LogP contribution is 2.19. The number of rotatable bonds is 5. The Balaban J connectivity index is 1.54. The van der Waals surface area contributed by atoms with E-state index in [1.165, 1.54) is 45.2 Å². The lowest BCUT2D eigenvalue weighted by Gasteiger charge is -2.25. The van der Waals surface area contributed by atoms with Crippen LogP contribution in [0.5, 0.6) is 0 Å². The number of hydrogen-bond acceptors (Lipinski definition) is 3. The van der Waals surface area contributed by atoms with E-state index >= 15 is 0 Å². The van der Waals surface area contributed by atoms with E-state index in [9.17, 15) is 0 Å². The number of hydrogen-bond donors (Lipinski definition) is 2. The largest absolute Gasteiger partial charge is 0.379 e. The van der Waals surface area contributed by atoms with Crippen LogP contribution in [-0.4, -0.2) is 38.4 Å². The Bertz CT molecular complexity index is 196. The highest BCUT2D eigenvalue weighted by molar-refractivity contribution is 4.86. The fourth-order valence-electron chi connectivity index (χ4n) is 2.76. The molecule has 16 heavy (non-hydrogen) atoms. The topological polar surface area (TPSA) is 33.3 Å². The van der Waals surface area contributed by atoms with Crippen LogP contribution in [0.3, 0.4) is 0 Å². The third-order valence-electron chi connectivity index (χ3n) is 4.02. The van der Waals surface area contributed by atoms with Gasteiger partial charge in [-0.2, -0.15) is 0 Å². The summed E-state index contributed by atoms with van der Waals surface area (Å²) in [7, 11) is 0. The highest BCUT2D eigenvalue weighted by Gasteiger charge is 2.28. The maximum absolute atomic E-state index is 5.44. The van der Waals surface area contributed by atoms with Gasteiger partial charge in [-0.3, -0.25) is 0 Å². The first-order valence-corrected chi connectivity index (χ1v) is 6.82. The van der Waals surface area contributed by atoms with Crippen molar-refractivity contribution >= 4 is 0 Å². The minimum Gasteiger partial charge on any atom is -0.379 e. The average Bonchev–Trinajstić information content (AvgIpc) is 2.74. The molecule has 0 radical (unpaired) electrons. The van der Waals surface area contributed by atoms with Crippen LogP contribution in [0.1, 0.15) is 39.0 Å². The normalized spacial score (nSPS) is 32.1. The van der Waals surface area contributed by atoms with Gasteiger partial charge in [0.05, 0.1) is 6.61 Å². The van der Waals surface area contributed by atoms with Crippen molar-refractivity contribution < 1.29 is 4.74 Å². The molecule has 0 bridgehead atoms. The number of ether oxygens (including phenoxy) is 1. The summed E-state index contributed by atoms with van der Waals surface area (Å²) in [6.45, 7) is 7.71. The van der Waals surface area contributed by atoms with E-state index in [4.69, 9.17) is 4.74 Å². The van der Waals surface area contributed by atoms with E-state index in [1.807, 2.05) is 0 Å². The van der Waals surface area contributed by atoms with Crippen LogP contribution in [0.25, 0.3) is 0 Å². The van der Waals surface area contributed by atoms with E-state index in [0.717, 1.165) is 25.7 Å². The van der Waals surface area contributed by atoms with Crippen molar-refractivity contribution in [3.05, 3.63) is 0 Å². The van der Waals surface area contributed by atoms with Crippen LogP contribution in [-0.2, 0) is 4.74 Å². The van der Waals surface area contributed by atoms with Gasteiger partial charge in [-0.05, 0) is 64.6 Å². The Hall–Kier alpha value is -0.120. The van der Waals surface area contributed by atoms with Gasteiger partial charge in [0.15, 0.2) is 0 Å². The lowest BCUT2D eigenvalue weighted by molar-refractivity contribution is 0.171. The molecule has 2 aliphatic heterocycles. The molecule has 2 aliphatic rings. The molecule has 2 fully saturated rings. The van der Waals surface area contributed by atoms with Gasteiger partial charge in [0.1, 0.15) is 0 Å². The molecule has 0 spiro atoms. The Kier molecular flexibility index (Phi) is 4.62. The molecule has 1 atom stereocenters. The van der Waals surface area contributed by atoms with Crippen molar-refractivity contribution in [3.63, 3.8) is 0 Å². The fraction of sp³-hybridized carbons (Fsp3) is 1.00. The van der Waals surface area contributed by atoms with Crippen molar-refractivity contribution in [1.29, 1.82) is 0 Å². The van der Waals surface area contributed by atoms with Gasteiger partial charge in [-0.15, -0.1) is 0 Å². The summed E-state index contributed by atoms with van der Waals surface area (Å²) in [6.07, 6.45) is 6.63. The zero-order valence-electron chi connectivity index (χ0n) is 10.6. The summed E-state index contributed by atoms with van der Waals surface area (Å²) in [5.74, 6) is 0.968. The molecule has 3 nitrogen and oxygen atoms in total. The van der Waals surface area contributed by atoms with Gasteiger partial charge in [0.2, 0.25) is 0 Å². The highest BCUT2D eigenvalue weighted by atomic mass is 16.5. The molecule has 0 saturated carbocycles. The van der Waals surface area contributed by atoms with Crippen LogP contribution in [0, 0.1) is 5.92 Å². The molecule has 0 aromatic heterocycles. The van der Waals surface area contributed by atoms with Crippen molar-refractivity contribution in [2.24, 2.45) is 5.92 Å². The monoisotopic (exact) mass is 226 g/mol. The molecule has 3 heteroatoms. The van der Waals surface area contributed by atoms with Crippen LogP contribution < -0.4 is 10.6 Å². The summed E-state index contributed by atoms with van der Waals surface area (Å²) in [5.41, 5.74) is 0.258. The lowest BCUT2D eigenvalue weighted by Crippen LogP contribution is -2.43. The predicted octanol–water partition coefficient (Wildman–Crippen LogP) is 1.53. The summed E-state index contributed by atoms with van der Waals surface area (Å²) in [6, 6.07) is 0. The van der Waals surface area contributed by atoms with Crippen LogP contribution >= 0.6 is 0 Å². The molecule has 0 aromatic carbocycles. The second kappa shape index (κ2) is 5.99. The first kappa shape index (κ1) is 12.3. The van der Waals surface area contributed by atoms with Crippen molar-refractivity contribution in [2.45, 2.75) is 44.6 Å². The zero-order valence-corrected chi connectivity index (χ0v) is 10.6. The van der Waals surface area contributed by atoms with Gasteiger partial charge in [-0.1, -0.05) is 0 Å². The van der Waals surface area contributed by atoms with Gasteiger partial charge >= 0.3 is 0 Å². The molecule has 0 amide bonds. The van der Waals surface area contributed by atoms with Crippen LogP contribution in [0.15, 0.2) is 0 Å². The molecular formula is C13H26N2O. The maximum atomic E-state index is 5.44. The molecule has 0 aliphatic carbocycles. The summed E-state index contributed by atoms with van der Waals surface area (Å²) in [5, 5.41) is 7.08. The molecule has 2 saturated heterocycles. The fourth-order valence-corrected chi connectivity index (χ4v) is 2.76. The van der Waals surface area contributed by atoms with E-state index in [1.54, 1.807) is 0 Å².